The van der Waals surface area contributed by atoms with E-state index in [2.05, 4.69) is 16.8 Å². The number of ether oxygens (including phenoxy) is 1. The number of aromatic nitrogens is 1. The largest absolute Gasteiger partial charge is 0.488 e. The van der Waals surface area contributed by atoms with Gasteiger partial charge in [-0.25, -0.2) is 0 Å². The summed E-state index contributed by atoms with van der Waals surface area (Å²) < 4.78 is 5.75. The summed E-state index contributed by atoms with van der Waals surface area (Å²) in [6.45, 7) is 0.502. The molecule has 1 aromatic heterocycles. The van der Waals surface area contributed by atoms with Gasteiger partial charge in [0.2, 0.25) is 0 Å². The number of nitrogens with zero attached hydrogens (tertiary/aromatic N) is 1. The van der Waals surface area contributed by atoms with Crippen LogP contribution in [0.4, 0.5) is 0 Å². The predicted octanol–water partition coefficient (Wildman–Crippen LogP) is 3.25. The van der Waals surface area contributed by atoms with Crippen molar-refractivity contribution in [1.82, 2.24) is 4.98 Å². The first-order valence-electron chi connectivity index (χ1n) is 5.55. The van der Waals surface area contributed by atoms with E-state index in [1.165, 1.54) is 0 Å². The fourth-order valence-electron chi connectivity index (χ4n) is 1.46. The fraction of sp³-hybridized carbons (Fsp3) is 0.133. The summed E-state index contributed by atoms with van der Waals surface area (Å²) in [6.07, 6.45) is 3.50. The Bertz CT molecular complexity index is 557. The van der Waals surface area contributed by atoms with Crippen LogP contribution in [0.15, 0.2) is 48.8 Å². The summed E-state index contributed by atoms with van der Waals surface area (Å²) in [5, 5.41) is 0. The molecule has 0 aliphatic rings. The van der Waals surface area contributed by atoms with Gasteiger partial charge in [0.15, 0.2) is 0 Å². The van der Waals surface area contributed by atoms with E-state index < -0.39 is 0 Å². The van der Waals surface area contributed by atoms with Gasteiger partial charge < -0.3 is 4.74 Å². The highest BCUT2D eigenvalue weighted by atomic mass is 35.5. The average Bonchev–Trinajstić information content (AvgIpc) is 2.45. The molecule has 0 fully saturated rings. The van der Waals surface area contributed by atoms with Crippen molar-refractivity contribution >= 4 is 11.6 Å². The molecule has 18 heavy (non-hydrogen) atoms. The third kappa shape index (κ3) is 3.51. The number of benzene rings is 1. The number of alkyl halides is 1. The molecule has 0 spiro atoms. The van der Waals surface area contributed by atoms with E-state index in [4.69, 9.17) is 16.3 Å². The monoisotopic (exact) mass is 257 g/mol. The highest BCUT2D eigenvalue weighted by Crippen LogP contribution is 2.18. The molecule has 1 heterocycles. The van der Waals surface area contributed by atoms with Crippen molar-refractivity contribution in [2.45, 2.75) is 6.61 Å². The van der Waals surface area contributed by atoms with Crippen LogP contribution < -0.4 is 4.74 Å². The maximum absolute atomic E-state index is 5.75. The molecule has 0 radical (unpaired) electrons. The minimum Gasteiger partial charge on any atom is -0.488 e. The van der Waals surface area contributed by atoms with Crippen LogP contribution in [0.25, 0.3) is 0 Å². The van der Waals surface area contributed by atoms with Gasteiger partial charge in [-0.2, -0.15) is 0 Å². The molecule has 0 unspecified atom stereocenters. The second kappa shape index (κ2) is 6.68. The summed E-state index contributed by atoms with van der Waals surface area (Å²) in [6, 6.07) is 11.5. The summed E-state index contributed by atoms with van der Waals surface area (Å²) in [4.78, 5) is 3.97. The first-order chi connectivity index (χ1) is 8.90. The zero-order chi connectivity index (χ0) is 12.6. The number of hydrogen-bond donors (Lipinski definition) is 0. The molecule has 0 bridgehead atoms. The van der Waals surface area contributed by atoms with Crippen molar-refractivity contribution < 1.29 is 4.74 Å². The molecular weight excluding hydrogens is 246 g/mol. The first-order valence-corrected chi connectivity index (χ1v) is 6.09. The molecular formula is C15H12ClNO. The quantitative estimate of drug-likeness (QED) is 0.622. The Morgan fingerprint density at radius 2 is 1.89 bits per heavy atom. The number of halogens is 1. The highest BCUT2D eigenvalue weighted by Gasteiger charge is 2.00. The van der Waals surface area contributed by atoms with E-state index in [9.17, 15) is 0 Å². The summed E-state index contributed by atoms with van der Waals surface area (Å²) in [5.41, 5.74) is 1.93. The maximum Gasteiger partial charge on any atom is 0.135 e. The number of rotatable bonds is 3. The standard InChI is InChI=1S/C15H12ClNO/c16-9-3-5-14-4-1-2-6-15(14)18-12-13-7-10-17-11-8-13/h1-2,4,6-8,10-11H,9,12H2. The smallest absolute Gasteiger partial charge is 0.135 e. The minimum absolute atomic E-state index is 0.318. The second-order valence-corrected chi connectivity index (χ2v) is 3.84. The molecule has 0 aliphatic heterocycles. The van der Waals surface area contributed by atoms with Gasteiger partial charge in [-0.05, 0) is 29.8 Å². The molecule has 3 heteroatoms. The third-order valence-electron chi connectivity index (χ3n) is 2.32. The van der Waals surface area contributed by atoms with Gasteiger partial charge >= 0.3 is 0 Å². The van der Waals surface area contributed by atoms with Crippen molar-refractivity contribution in [3.05, 3.63) is 59.9 Å². The van der Waals surface area contributed by atoms with Gasteiger partial charge in [0.25, 0.3) is 0 Å². The molecule has 1 aromatic carbocycles. The molecule has 2 nitrogen and oxygen atoms in total. The number of para-hydroxylation sites is 1. The predicted molar refractivity (Wildman–Crippen MR) is 72.6 cm³/mol. The maximum atomic E-state index is 5.75. The molecule has 0 aliphatic carbocycles. The van der Waals surface area contributed by atoms with Crippen LogP contribution in [0.3, 0.4) is 0 Å². The van der Waals surface area contributed by atoms with Gasteiger partial charge in [0.05, 0.1) is 11.4 Å². The molecule has 0 N–H and O–H groups in total. The fourth-order valence-corrected chi connectivity index (χ4v) is 1.53. The molecule has 0 saturated heterocycles. The lowest BCUT2D eigenvalue weighted by Gasteiger charge is -2.07. The van der Waals surface area contributed by atoms with Crippen LogP contribution in [0, 0.1) is 11.8 Å². The molecule has 0 amide bonds. The summed E-state index contributed by atoms with van der Waals surface area (Å²) >= 11 is 5.56. The van der Waals surface area contributed by atoms with E-state index >= 15 is 0 Å². The second-order valence-electron chi connectivity index (χ2n) is 3.58. The van der Waals surface area contributed by atoms with Crippen molar-refractivity contribution in [2.75, 3.05) is 5.88 Å². The van der Waals surface area contributed by atoms with Gasteiger partial charge in [0.1, 0.15) is 12.4 Å². The molecule has 2 aromatic rings. The lowest BCUT2D eigenvalue weighted by Crippen LogP contribution is -1.97. The topological polar surface area (TPSA) is 22.1 Å². The van der Waals surface area contributed by atoms with Crippen LogP contribution in [-0.4, -0.2) is 10.9 Å². The van der Waals surface area contributed by atoms with Crippen LogP contribution >= 0.6 is 11.6 Å². The normalized spacial score (nSPS) is 9.39. The van der Waals surface area contributed by atoms with Crippen LogP contribution in [0.2, 0.25) is 0 Å². The van der Waals surface area contributed by atoms with E-state index in [0.29, 0.717) is 12.5 Å². The lowest BCUT2D eigenvalue weighted by molar-refractivity contribution is 0.305. The Labute approximate surface area is 112 Å². The minimum atomic E-state index is 0.318. The third-order valence-corrected chi connectivity index (χ3v) is 2.45. The van der Waals surface area contributed by atoms with Gasteiger partial charge in [-0.15, -0.1) is 11.6 Å². The zero-order valence-electron chi connectivity index (χ0n) is 9.77. The average molecular weight is 258 g/mol. The molecule has 0 atom stereocenters. The Kier molecular flexibility index (Phi) is 4.63. The Morgan fingerprint density at radius 3 is 2.67 bits per heavy atom. The number of pyridine rings is 1. The van der Waals surface area contributed by atoms with Crippen LogP contribution in [0.5, 0.6) is 5.75 Å². The van der Waals surface area contributed by atoms with Gasteiger partial charge in [-0.3, -0.25) is 4.98 Å². The van der Waals surface area contributed by atoms with Crippen LogP contribution in [0.1, 0.15) is 11.1 Å². The lowest BCUT2D eigenvalue weighted by atomic mass is 10.2. The molecule has 0 saturated carbocycles. The van der Waals surface area contributed by atoms with E-state index in [0.717, 1.165) is 16.9 Å². The molecule has 2 rings (SSSR count). The Morgan fingerprint density at radius 1 is 1.11 bits per heavy atom. The van der Waals surface area contributed by atoms with Gasteiger partial charge in [-0.1, -0.05) is 24.0 Å². The summed E-state index contributed by atoms with van der Waals surface area (Å²) in [5.74, 6) is 6.90. The number of hydrogen-bond acceptors (Lipinski definition) is 2. The van der Waals surface area contributed by atoms with Crippen molar-refractivity contribution in [1.29, 1.82) is 0 Å². The van der Waals surface area contributed by atoms with E-state index in [1.807, 2.05) is 36.4 Å². The highest BCUT2D eigenvalue weighted by molar-refractivity contribution is 6.19. The molecule has 90 valence electrons. The van der Waals surface area contributed by atoms with E-state index in [-0.39, 0.29) is 0 Å². The van der Waals surface area contributed by atoms with E-state index in [1.54, 1.807) is 12.4 Å². The van der Waals surface area contributed by atoms with Crippen LogP contribution in [-0.2, 0) is 6.61 Å². The Balaban J connectivity index is 2.09. The first kappa shape index (κ1) is 12.5. The Hall–Kier alpha value is -1.98. The SMILES string of the molecule is ClCC#Cc1ccccc1OCc1ccncc1. The van der Waals surface area contributed by atoms with Crippen molar-refractivity contribution in [2.24, 2.45) is 0 Å². The van der Waals surface area contributed by atoms with Crippen molar-refractivity contribution in [3.63, 3.8) is 0 Å². The van der Waals surface area contributed by atoms with Crippen molar-refractivity contribution in [3.8, 4) is 17.6 Å². The van der Waals surface area contributed by atoms with Gasteiger partial charge in [0, 0.05) is 12.4 Å². The zero-order valence-corrected chi connectivity index (χ0v) is 10.5. The summed E-state index contributed by atoms with van der Waals surface area (Å²) in [7, 11) is 0.